The summed E-state index contributed by atoms with van der Waals surface area (Å²) >= 11 is 0. The number of carbonyl (C=O) groups is 1. The molecule has 1 aromatic carbocycles. The van der Waals surface area contributed by atoms with E-state index in [1.165, 1.54) is 0 Å². The van der Waals surface area contributed by atoms with Gasteiger partial charge in [0.25, 0.3) is 5.91 Å². The number of rotatable bonds is 4. The number of benzene rings is 1. The molecule has 0 saturated heterocycles. The van der Waals surface area contributed by atoms with Gasteiger partial charge in [-0.1, -0.05) is 36.4 Å². The van der Waals surface area contributed by atoms with Crippen LogP contribution >= 0.6 is 0 Å². The molecule has 0 bridgehead atoms. The minimum Gasteiger partial charge on any atom is -0.266 e. The quantitative estimate of drug-likeness (QED) is 0.655. The van der Waals surface area contributed by atoms with E-state index in [0.29, 0.717) is 12.1 Å². The lowest BCUT2D eigenvalue weighted by Gasteiger charge is -1.98. The van der Waals surface area contributed by atoms with Crippen LogP contribution in [0.25, 0.3) is 0 Å². The Kier molecular flexibility index (Phi) is 4.19. The Labute approximate surface area is 105 Å². The summed E-state index contributed by atoms with van der Waals surface area (Å²) in [6.07, 6.45) is 3.92. The molecule has 0 aliphatic heterocycles. The van der Waals surface area contributed by atoms with Gasteiger partial charge in [0.05, 0.1) is 0 Å². The predicted octanol–water partition coefficient (Wildman–Crippen LogP) is 2.04. The van der Waals surface area contributed by atoms with Crippen LogP contribution in [0.3, 0.4) is 0 Å². The van der Waals surface area contributed by atoms with Crippen molar-refractivity contribution in [2.24, 2.45) is 5.10 Å². The molecule has 0 aliphatic rings. The summed E-state index contributed by atoms with van der Waals surface area (Å²) in [7, 11) is 0. The summed E-state index contributed by atoms with van der Waals surface area (Å²) < 4.78 is 0. The van der Waals surface area contributed by atoms with Gasteiger partial charge in [-0.15, -0.1) is 0 Å². The minimum atomic E-state index is -0.306. The van der Waals surface area contributed by atoms with Gasteiger partial charge >= 0.3 is 0 Å². The average molecular weight is 239 g/mol. The SMILES string of the molecule is O=C(NN=CCc1ccccc1)c1ccccn1. The number of hydrazone groups is 1. The van der Waals surface area contributed by atoms with Crippen molar-refractivity contribution in [3.63, 3.8) is 0 Å². The number of nitrogens with one attached hydrogen (secondary N) is 1. The van der Waals surface area contributed by atoms with Crippen molar-refractivity contribution in [2.45, 2.75) is 6.42 Å². The molecular weight excluding hydrogens is 226 g/mol. The third-order valence-electron chi connectivity index (χ3n) is 2.32. The number of hydrogen-bond donors (Lipinski definition) is 1. The Balaban J connectivity index is 1.83. The third-order valence-corrected chi connectivity index (χ3v) is 2.32. The van der Waals surface area contributed by atoms with Crippen LogP contribution in [-0.2, 0) is 6.42 Å². The molecule has 0 atom stereocenters. The molecule has 1 heterocycles. The normalized spacial score (nSPS) is 10.4. The molecule has 0 unspecified atom stereocenters. The zero-order valence-corrected chi connectivity index (χ0v) is 9.78. The van der Waals surface area contributed by atoms with Crippen molar-refractivity contribution < 1.29 is 4.79 Å². The molecule has 0 saturated carbocycles. The van der Waals surface area contributed by atoms with Gasteiger partial charge in [-0.25, -0.2) is 5.43 Å². The maximum Gasteiger partial charge on any atom is 0.289 e. The van der Waals surface area contributed by atoms with E-state index >= 15 is 0 Å². The Bertz CT molecular complexity index is 523. The van der Waals surface area contributed by atoms with E-state index in [1.807, 2.05) is 30.3 Å². The second kappa shape index (κ2) is 6.30. The van der Waals surface area contributed by atoms with E-state index in [2.05, 4.69) is 15.5 Å². The van der Waals surface area contributed by atoms with Crippen molar-refractivity contribution in [1.82, 2.24) is 10.4 Å². The van der Waals surface area contributed by atoms with Gasteiger partial charge < -0.3 is 0 Å². The molecule has 0 radical (unpaired) electrons. The number of hydrogen-bond acceptors (Lipinski definition) is 3. The van der Waals surface area contributed by atoms with Gasteiger partial charge in [0, 0.05) is 18.8 Å². The third kappa shape index (κ3) is 3.52. The molecule has 1 N–H and O–H groups in total. The fourth-order valence-corrected chi connectivity index (χ4v) is 1.42. The topological polar surface area (TPSA) is 54.4 Å². The van der Waals surface area contributed by atoms with Crippen molar-refractivity contribution in [3.05, 3.63) is 66.0 Å². The van der Waals surface area contributed by atoms with Gasteiger partial charge in [-0.05, 0) is 17.7 Å². The summed E-state index contributed by atoms with van der Waals surface area (Å²) in [5.74, 6) is -0.306. The Morgan fingerprint density at radius 1 is 1.17 bits per heavy atom. The van der Waals surface area contributed by atoms with Crippen LogP contribution in [-0.4, -0.2) is 17.1 Å². The molecule has 90 valence electrons. The first-order valence-corrected chi connectivity index (χ1v) is 5.63. The molecular formula is C14H13N3O. The lowest BCUT2D eigenvalue weighted by molar-refractivity contribution is 0.0950. The highest BCUT2D eigenvalue weighted by Crippen LogP contribution is 1.97. The molecule has 1 aromatic heterocycles. The molecule has 2 aromatic rings. The first-order chi connectivity index (χ1) is 8.86. The van der Waals surface area contributed by atoms with Crippen LogP contribution in [0.5, 0.6) is 0 Å². The molecule has 2 rings (SSSR count). The van der Waals surface area contributed by atoms with E-state index in [4.69, 9.17) is 0 Å². The Morgan fingerprint density at radius 3 is 2.67 bits per heavy atom. The first-order valence-electron chi connectivity index (χ1n) is 5.63. The Morgan fingerprint density at radius 2 is 1.94 bits per heavy atom. The fraction of sp³-hybridized carbons (Fsp3) is 0.0714. The smallest absolute Gasteiger partial charge is 0.266 e. The second-order valence-corrected chi connectivity index (χ2v) is 3.66. The molecule has 0 fully saturated rings. The number of amides is 1. The number of nitrogens with zero attached hydrogens (tertiary/aromatic N) is 2. The largest absolute Gasteiger partial charge is 0.289 e. The minimum absolute atomic E-state index is 0.306. The van der Waals surface area contributed by atoms with Crippen molar-refractivity contribution in [2.75, 3.05) is 0 Å². The average Bonchev–Trinajstić information content (AvgIpc) is 2.45. The van der Waals surface area contributed by atoms with Crippen LogP contribution in [0.15, 0.2) is 59.8 Å². The summed E-state index contributed by atoms with van der Waals surface area (Å²) in [6, 6.07) is 15.1. The van der Waals surface area contributed by atoms with E-state index in [0.717, 1.165) is 5.56 Å². The standard InChI is InChI=1S/C14H13N3O/c18-14(13-8-4-5-10-15-13)17-16-11-9-12-6-2-1-3-7-12/h1-8,10-11H,9H2,(H,17,18). The van der Waals surface area contributed by atoms with Crippen LogP contribution in [0.4, 0.5) is 0 Å². The van der Waals surface area contributed by atoms with E-state index in [1.54, 1.807) is 30.6 Å². The lowest BCUT2D eigenvalue weighted by Crippen LogP contribution is -2.18. The van der Waals surface area contributed by atoms with Crippen molar-refractivity contribution >= 4 is 12.1 Å². The van der Waals surface area contributed by atoms with Gasteiger partial charge in [0.15, 0.2) is 0 Å². The van der Waals surface area contributed by atoms with Gasteiger partial charge in [0.1, 0.15) is 5.69 Å². The van der Waals surface area contributed by atoms with Crippen molar-refractivity contribution in [1.29, 1.82) is 0 Å². The number of aromatic nitrogens is 1. The zero-order valence-electron chi connectivity index (χ0n) is 9.78. The highest BCUT2D eigenvalue weighted by Gasteiger charge is 2.02. The molecule has 0 spiro atoms. The van der Waals surface area contributed by atoms with E-state index in [-0.39, 0.29) is 5.91 Å². The molecule has 18 heavy (non-hydrogen) atoms. The van der Waals surface area contributed by atoms with Crippen LogP contribution in [0.2, 0.25) is 0 Å². The number of pyridine rings is 1. The first kappa shape index (κ1) is 12.0. The van der Waals surface area contributed by atoms with Crippen LogP contribution in [0, 0.1) is 0 Å². The molecule has 4 heteroatoms. The maximum atomic E-state index is 11.6. The predicted molar refractivity (Wildman–Crippen MR) is 70.3 cm³/mol. The zero-order chi connectivity index (χ0) is 12.6. The van der Waals surface area contributed by atoms with Gasteiger partial charge in [-0.2, -0.15) is 5.10 Å². The summed E-state index contributed by atoms with van der Waals surface area (Å²) in [5, 5.41) is 3.88. The molecule has 4 nitrogen and oxygen atoms in total. The maximum absolute atomic E-state index is 11.6. The van der Waals surface area contributed by atoms with E-state index in [9.17, 15) is 4.79 Å². The van der Waals surface area contributed by atoms with E-state index < -0.39 is 0 Å². The highest BCUT2D eigenvalue weighted by molar-refractivity contribution is 5.92. The van der Waals surface area contributed by atoms with Gasteiger partial charge in [-0.3, -0.25) is 9.78 Å². The van der Waals surface area contributed by atoms with Crippen LogP contribution in [0.1, 0.15) is 16.1 Å². The number of carbonyl (C=O) groups excluding carboxylic acids is 1. The summed E-state index contributed by atoms with van der Waals surface area (Å²) in [4.78, 5) is 15.5. The van der Waals surface area contributed by atoms with Gasteiger partial charge in [0.2, 0.25) is 0 Å². The Hall–Kier alpha value is -2.49. The molecule has 1 amide bonds. The lowest BCUT2D eigenvalue weighted by atomic mass is 10.2. The van der Waals surface area contributed by atoms with Crippen LogP contribution < -0.4 is 5.43 Å². The van der Waals surface area contributed by atoms with Crippen molar-refractivity contribution in [3.8, 4) is 0 Å². The summed E-state index contributed by atoms with van der Waals surface area (Å²) in [6.45, 7) is 0. The molecule has 0 aliphatic carbocycles. The second-order valence-electron chi connectivity index (χ2n) is 3.66. The summed E-state index contributed by atoms with van der Waals surface area (Å²) in [5.41, 5.74) is 3.94. The highest BCUT2D eigenvalue weighted by atomic mass is 16.2. The monoisotopic (exact) mass is 239 g/mol. The fourth-order valence-electron chi connectivity index (χ4n) is 1.42.